The van der Waals surface area contributed by atoms with E-state index in [1.807, 2.05) is 6.92 Å². The van der Waals surface area contributed by atoms with Crippen LogP contribution in [0.1, 0.15) is 13.8 Å². The van der Waals surface area contributed by atoms with Crippen LogP contribution in [0.3, 0.4) is 0 Å². The maximum atomic E-state index is 12.2. The summed E-state index contributed by atoms with van der Waals surface area (Å²) in [5.74, 6) is 0.493. The van der Waals surface area contributed by atoms with Crippen LogP contribution >= 0.6 is 23.2 Å². The molecule has 2 amide bonds. The van der Waals surface area contributed by atoms with Crippen molar-refractivity contribution in [1.29, 1.82) is 0 Å². The van der Waals surface area contributed by atoms with Gasteiger partial charge in [-0.3, -0.25) is 9.59 Å². The number of ether oxygens (including phenoxy) is 2. The Kier molecular flexibility index (Phi) is 5.77. The van der Waals surface area contributed by atoms with Crippen LogP contribution in [0.25, 0.3) is 0 Å². The summed E-state index contributed by atoms with van der Waals surface area (Å²) >= 11 is 11.8. The predicted molar refractivity (Wildman–Crippen MR) is 105 cm³/mol. The van der Waals surface area contributed by atoms with Crippen LogP contribution in [0.5, 0.6) is 11.5 Å². The van der Waals surface area contributed by atoms with Crippen LogP contribution < -0.4 is 19.7 Å². The van der Waals surface area contributed by atoms with Gasteiger partial charge in [0.05, 0.1) is 10.7 Å². The number of fused-ring (bicyclic) bond motifs is 1. The van der Waals surface area contributed by atoms with Crippen molar-refractivity contribution in [2.24, 2.45) is 0 Å². The molecular formula is C19H18Cl2N2O4. The highest BCUT2D eigenvalue weighted by atomic mass is 35.5. The quantitative estimate of drug-likeness (QED) is 0.806. The second-order valence-corrected chi connectivity index (χ2v) is 6.78. The van der Waals surface area contributed by atoms with Gasteiger partial charge in [0.2, 0.25) is 0 Å². The van der Waals surface area contributed by atoms with Crippen LogP contribution in [-0.2, 0) is 9.59 Å². The standard InChI is InChI=1S/C19H18Cl2N2O4/c1-3-23-15-9-13(5-7-17(15)27-11(2)19(23)25)22-18(24)10-26-16-6-4-12(20)8-14(16)21/h4-9,11H,3,10H2,1-2H3,(H,22,24). The summed E-state index contributed by atoms with van der Waals surface area (Å²) in [7, 11) is 0. The minimum Gasteiger partial charge on any atom is -0.482 e. The molecule has 0 saturated heterocycles. The molecule has 8 heteroatoms. The molecule has 142 valence electrons. The minimum atomic E-state index is -0.532. The molecule has 0 bridgehead atoms. The van der Waals surface area contributed by atoms with Crippen molar-refractivity contribution in [3.8, 4) is 11.5 Å². The molecule has 3 rings (SSSR count). The lowest BCUT2D eigenvalue weighted by Gasteiger charge is -2.32. The number of nitrogens with one attached hydrogen (secondary N) is 1. The molecule has 0 radical (unpaired) electrons. The zero-order chi connectivity index (χ0) is 19.6. The minimum absolute atomic E-state index is 0.116. The second kappa shape index (κ2) is 8.06. The Hall–Kier alpha value is -2.44. The molecule has 1 N–H and O–H groups in total. The van der Waals surface area contributed by atoms with Crippen molar-refractivity contribution < 1.29 is 19.1 Å². The van der Waals surface area contributed by atoms with Crippen LogP contribution in [0.2, 0.25) is 10.0 Å². The molecule has 2 aromatic carbocycles. The van der Waals surface area contributed by atoms with Crippen molar-refractivity contribution in [3.63, 3.8) is 0 Å². The lowest BCUT2D eigenvalue weighted by Crippen LogP contribution is -2.44. The van der Waals surface area contributed by atoms with E-state index in [-0.39, 0.29) is 18.4 Å². The summed E-state index contributed by atoms with van der Waals surface area (Å²) in [6, 6.07) is 9.91. The van der Waals surface area contributed by atoms with Gasteiger partial charge < -0.3 is 19.7 Å². The van der Waals surface area contributed by atoms with Crippen molar-refractivity contribution in [1.82, 2.24) is 0 Å². The number of nitrogens with zero attached hydrogens (tertiary/aromatic N) is 1. The Morgan fingerprint density at radius 1 is 1.26 bits per heavy atom. The third-order valence-corrected chi connectivity index (χ3v) is 4.55. The van der Waals surface area contributed by atoms with Gasteiger partial charge >= 0.3 is 0 Å². The van der Waals surface area contributed by atoms with Gasteiger partial charge in [0, 0.05) is 17.3 Å². The molecular weight excluding hydrogens is 391 g/mol. The number of benzene rings is 2. The molecule has 0 fully saturated rings. The smallest absolute Gasteiger partial charge is 0.267 e. The first-order valence-electron chi connectivity index (χ1n) is 8.39. The number of halogens is 2. The highest BCUT2D eigenvalue weighted by Crippen LogP contribution is 2.36. The Labute approximate surface area is 167 Å². The van der Waals surface area contributed by atoms with Gasteiger partial charge in [0.25, 0.3) is 11.8 Å². The Balaban J connectivity index is 1.68. The molecule has 27 heavy (non-hydrogen) atoms. The van der Waals surface area contributed by atoms with Crippen LogP contribution in [-0.4, -0.2) is 31.1 Å². The largest absolute Gasteiger partial charge is 0.482 e. The summed E-state index contributed by atoms with van der Waals surface area (Å²) in [5, 5.41) is 3.55. The van der Waals surface area contributed by atoms with E-state index in [1.165, 1.54) is 6.07 Å². The number of anilines is 2. The lowest BCUT2D eigenvalue weighted by molar-refractivity contribution is -0.125. The van der Waals surface area contributed by atoms with Crippen molar-refractivity contribution >= 4 is 46.4 Å². The Morgan fingerprint density at radius 2 is 2.04 bits per heavy atom. The first-order valence-corrected chi connectivity index (χ1v) is 9.14. The average Bonchev–Trinajstić information content (AvgIpc) is 2.62. The summed E-state index contributed by atoms with van der Waals surface area (Å²) in [4.78, 5) is 26.1. The molecule has 1 atom stereocenters. The summed E-state index contributed by atoms with van der Waals surface area (Å²) in [6.45, 7) is 3.88. The molecule has 1 aliphatic rings. The summed E-state index contributed by atoms with van der Waals surface area (Å²) in [6.07, 6.45) is -0.532. The fourth-order valence-corrected chi connectivity index (χ4v) is 3.21. The topological polar surface area (TPSA) is 67.9 Å². The van der Waals surface area contributed by atoms with Crippen molar-refractivity contribution in [2.45, 2.75) is 20.0 Å². The third-order valence-electron chi connectivity index (χ3n) is 4.02. The van der Waals surface area contributed by atoms with Crippen LogP contribution in [0.4, 0.5) is 11.4 Å². The maximum Gasteiger partial charge on any atom is 0.267 e. The Bertz CT molecular complexity index is 888. The van der Waals surface area contributed by atoms with Crippen molar-refractivity contribution in [2.75, 3.05) is 23.4 Å². The molecule has 1 aliphatic heterocycles. The molecule has 6 nitrogen and oxygen atoms in total. The number of amides is 2. The van der Waals surface area contributed by atoms with E-state index >= 15 is 0 Å². The molecule has 0 aliphatic carbocycles. The molecule has 0 spiro atoms. The van der Waals surface area contributed by atoms with Gasteiger partial charge in [-0.2, -0.15) is 0 Å². The predicted octanol–water partition coefficient (Wildman–Crippen LogP) is 4.14. The normalized spacial score (nSPS) is 15.8. The number of likely N-dealkylation sites (N-methyl/N-ethyl adjacent to an activating group) is 1. The third kappa shape index (κ3) is 4.28. The molecule has 1 unspecified atom stereocenters. The van der Waals surface area contributed by atoms with Crippen LogP contribution in [0, 0.1) is 0 Å². The first-order chi connectivity index (χ1) is 12.9. The van der Waals surface area contributed by atoms with Crippen LogP contribution in [0.15, 0.2) is 36.4 Å². The van der Waals surface area contributed by atoms with Gasteiger partial charge in [0.15, 0.2) is 12.7 Å². The van der Waals surface area contributed by atoms with E-state index in [0.717, 1.165) is 0 Å². The lowest BCUT2D eigenvalue weighted by atomic mass is 10.1. The van der Waals surface area contributed by atoms with Gasteiger partial charge in [-0.25, -0.2) is 0 Å². The number of carbonyl (C=O) groups excluding carboxylic acids is 2. The average molecular weight is 409 g/mol. The molecule has 1 heterocycles. The first kappa shape index (κ1) is 19.3. The van der Waals surface area contributed by atoms with Crippen molar-refractivity contribution in [3.05, 3.63) is 46.4 Å². The van der Waals surface area contributed by atoms with Gasteiger partial charge in [0.1, 0.15) is 11.5 Å². The van der Waals surface area contributed by atoms with E-state index in [9.17, 15) is 9.59 Å². The SMILES string of the molecule is CCN1C(=O)C(C)Oc2ccc(NC(=O)COc3ccc(Cl)cc3Cl)cc21. The summed E-state index contributed by atoms with van der Waals surface area (Å²) < 4.78 is 11.0. The van der Waals surface area contributed by atoms with Gasteiger partial charge in [-0.05, 0) is 50.2 Å². The highest BCUT2D eigenvalue weighted by Gasteiger charge is 2.30. The fourth-order valence-electron chi connectivity index (χ4n) is 2.74. The number of hydrogen-bond acceptors (Lipinski definition) is 4. The molecule has 0 saturated carbocycles. The molecule has 2 aromatic rings. The highest BCUT2D eigenvalue weighted by molar-refractivity contribution is 6.35. The Morgan fingerprint density at radius 3 is 2.74 bits per heavy atom. The van der Waals surface area contributed by atoms with Gasteiger partial charge in [-0.1, -0.05) is 23.2 Å². The van der Waals surface area contributed by atoms with E-state index in [2.05, 4.69) is 5.32 Å². The summed E-state index contributed by atoms with van der Waals surface area (Å²) in [5.41, 5.74) is 1.16. The zero-order valence-electron chi connectivity index (χ0n) is 14.8. The van der Waals surface area contributed by atoms with Gasteiger partial charge in [-0.15, -0.1) is 0 Å². The molecule has 0 aromatic heterocycles. The van der Waals surface area contributed by atoms with E-state index < -0.39 is 6.10 Å². The number of rotatable bonds is 5. The van der Waals surface area contributed by atoms with E-state index in [1.54, 1.807) is 42.2 Å². The zero-order valence-corrected chi connectivity index (χ0v) is 16.3. The number of hydrogen-bond donors (Lipinski definition) is 1. The monoisotopic (exact) mass is 408 g/mol. The van der Waals surface area contributed by atoms with E-state index in [4.69, 9.17) is 32.7 Å². The van der Waals surface area contributed by atoms with E-state index in [0.29, 0.717) is 39.5 Å². The maximum absolute atomic E-state index is 12.2. The fraction of sp³-hybridized carbons (Fsp3) is 0.263. The second-order valence-electron chi connectivity index (χ2n) is 5.94. The number of carbonyl (C=O) groups is 2.